The van der Waals surface area contributed by atoms with Gasteiger partial charge in [0.15, 0.2) is 0 Å². The average Bonchev–Trinajstić information content (AvgIpc) is 2.79. The second kappa shape index (κ2) is 6.61. The van der Waals surface area contributed by atoms with E-state index in [-0.39, 0.29) is 17.1 Å². The summed E-state index contributed by atoms with van der Waals surface area (Å²) < 4.78 is 13.2. The third-order valence-electron chi connectivity index (χ3n) is 3.54. The molecule has 5 heteroatoms. The lowest BCUT2D eigenvalue weighted by atomic mass is 10.1. The first-order chi connectivity index (χ1) is 11.5. The first kappa shape index (κ1) is 16.5. The number of benzene rings is 2. The zero-order valence-electron chi connectivity index (χ0n) is 13.3. The third-order valence-corrected chi connectivity index (χ3v) is 4.63. The van der Waals surface area contributed by atoms with Crippen LogP contribution >= 0.6 is 11.8 Å². The van der Waals surface area contributed by atoms with Gasteiger partial charge >= 0.3 is 0 Å². The first-order valence-electron chi connectivity index (χ1n) is 7.59. The van der Waals surface area contributed by atoms with Gasteiger partial charge in [-0.05, 0) is 29.8 Å². The Kier molecular flexibility index (Phi) is 4.53. The van der Waals surface area contributed by atoms with Crippen molar-refractivity contribution in [1.82, 2.24) is 0 Å². The second-order valence-electron chi connectivity index (χ2n) is 5.66. The molecule has 1 aliphatic heterocycles. The molecule has 3 nitrogen and oxygen atoms in total. The number of halogens is 1. The van der Waals surface area contributed by atoms with Gasteiger partial charge in [0.25, 0.3) is 11.8 Å². The van der Waals surface area contributed by atoms with Gasteiger partial charge in [0.2, 0.25) is 0 Å². The summed E-state index contributed by atoms with van der Waals surface area (Å²) in [5.41, 5.74) is 1.49. The van der Waals surface area contributed by atoms with Gasteiger partial charge in [0, 0.05) is 5.25 Å². The van der Waals surface area contributed by atoms with Crippen LogP contribution in [0.25, 0.3) is 5.57 Å². The van der Waals surface area contributed by atoms with E-state index in [1.54, 1.807) is 0 Å². The van der Waals surface area contributed by atoms with Crippen molar-refractivity contribution < 1.29 is 14.0 Å². The number of hydrogen-bond donors (Lipinski definition) is 0. The molecule has 122 valence electrons. The highest BCUT2D eigenvalue weighted by Gasteiger charge is 2.40. The number of amides is 2. The van der Waals surface area contributed by atoms with Crippen molar-refractivity contribution in [1.29, 1.82) is 0 Å². The lowest BCUT2D eigenvalue weighted by molar-refractivity contribution is -0.119. The van der Waals surface area contributed by atoms with Gasteiger partial charge in [-0.3, -0.25) is 9.59 Å². The maximum Gasteiger partial charge on any atom is 0.272 e. The van der Waals surface area contributed by atoms with E-state index >= 15 is 0 Å². The molecule has 0 N–H and O–H groups in total. The van der Waals surface area contributed by atoms with Crippen LogP contribution in [-0.2, 0) is 9.59 Å². The van der Waals surface area contributed by atoms with Crippen molar-refractivity contribution in [3.05, 3.63) is 70.9 Å². The molecule has 2 aromatic rings. The number of rotatable bonds is 4. The van der Waals surface area contributed by atoms with E-state index in [0.717, 1.165) is 4.90 Å². The summed E-state index contributed by atoms with van der Waals surface area (Å²) in [5, 5.41) is 0.156. The van der Waals surface area contributed by atoms with Crippen molar-refractivity contribution >= 4 is 34.8 Å². The Balaban J connectivity index is 2.09. The average molecular weight is 341 g/mol. The molecule has 0 saturated carbocycles. The van der Waals surface area contributed by atoms with E-state index in [1.807, 2.05) is 44.2 Å². The van der Waals surface area contributed by atoms with Crippen LogP contribution in [-0.4, -0.2) is 17.1 Å². The molecular formula is C19H16FNO2S. The van der Waals surface area contributed by atoms with Gasteiger partial charge in [-0.25, -0.2) is 9.29 Å². The van der Waals surface area contributed by atoms with Crippen LogP contribution in [0.15, 0.2) is 59.5 Å². The molecular weight excluding hydrogens is 325 g/mol. The maximum absolute atomic E-state index is 13.2. The zero-order valence-corrected chi connectivity index (χ0v) is 14.1. The summed E-state index contributed by atoms with van der Waals surface area (Å²) >= 11 is 1.37. The topological polar surface area (TPSA) is 37.4 Å². The molecule has 2 aromatic carbocycles. The van der Waals surface area contributed by atoms with E-state index in [9.17, 15) is 14.0 Å². The Morgan fingerprint density at radius 1 is 0.917 bits per heavy atom. The van der Waals surface area contributed by atoms with Gasteiger partial charge in [-0.1, -0.05) is 44.2 Å². The predicted molar refractivity (Wildman–Crippen MR) is 95.0 cm³/mol. The molecule has 0 bridgehead atoms. The molecule has 2 amide bonds. The molecule has 0 aromatic heterocycles. The van der Waals surface area contributed by atoms with Crippen LogP contribution in [0.5, 0.6) is 0 Å². The third kappa shape index (κ3) is 2.99. The number of nitrogens with zero attached hydrogens (tertiary/aromatic N) is 1. The molecule has 1 aliphatic rings. The molecule has 0 atom stereocenters. The quantitative estimate of drug-likeness (QED) is 0.780. The fourth-order valence-electron chi connectivity index (χ4n) is 2.54. The van der Waals surface area contributed by atoms with E-state index in [1.165, 1.54) is 36.0 Å². The minimum atomic E-state index is -0.411. The normalized spacial score (nSPS) is 14.9. The SMILES string of the molecule is CC(C)SC1=C(c2ccccc2)C(=O)N(c2ccc(F)cc2)C1=O. The fraction of sp³-hybridized carbons (Fsp3) is 0.158. The van der Waals surface area contributed by atoms with E-state index < -0.39 is 5.82 Å². The number of carbonyl (C=O) groups is 2. The van der Waals surface area contributed by atoms with E-state index in [0.29, 0.717) is 21.7 Å². The minimum absolute atomic E-state index is 0.156. The Bertz CT molecular complexity index is 813. The number of thioether (sulfide) groups is 1. The molecule has 0 spiro atoms. The first-order valence-corrected chi connectivity index (χ1v) is 8.47. The van der Waals surface area contributed by atoms with Crippen LogP contribution in [0.4, 0.5) is 10.1 Å². The zero-order chi connectivity index (χ0) is 17.3. The lowest BCUT2D eigenvalue weighted by Gasteiger charge is -2.15. The molecule has 3 rings (SSSR count). The Morgan fingerprint density at radius 2 is 1.54 bits per heavy atom. The summed E-state index contributed by atoms with van der Waals surface area (Å²) in [5.74, 6) is -1.14. The number of carbonyl (C=O) groups excluding carboxylic acids is 2. The maximum atomic E-state index is 13.2. The largest absolute Gasteiger partial charge is 0.272 e. The molecule has 0 aliphatic carbocycles. The highest BCUT2D eigenvalue weighted by atomic mass is 32.2. The van der Waals surface area contributed by atoms with Gasteiger partial charge < -0.3 is 0 Å². The molecule has 0 radical (unpaired) electrons. The van der Waals surface area contributed by atoms with Crippen molar-refractivity contribution in [3.63, 3.8) is 0 Å². The molecule has 24 heavy (non-hydrogen) atoms. The molecule has 1 heterocycles. The van der Waals surface area contributed by atoms with Crippen LogP contribution in [0.3, 0.4) is 0 Å². The molecule has 0 unspecified atom stereocenters. The van der Waals surface area contributed by atoms with Gasteiger partial charge in [-0.15, -0.1) is 11.8 Å². The summed E-state index contributed by atoms with van der Waals surface area (Å²) in [6, 6.07) is 14.5. The number of imide groups is 1. The fourth-order valence-corrected chi connectivity index (χ4v) is 3.53. The van der Waals surface area contributed by atoms with Crippen LogP contribution in [0.2, 0.25) is 0 Å². The molecule has 0 saturated heterocycles. The predicted octanol–water partition coefficient (Wildman–Crippen LogP) is 4.25. The van der Waals surface area contributed by atoms with Crippen molar-refractivity contribution in [2.75, 3.05) is 4.90 Å². The highest BCUT2D eigenvalue weighted by molar-refractivity contribution is 8.04. The monoisotopic (exact) mass is 341 g/mol. The summed E-state index contributed by atoms with van der Waals surface area (Å²) in [7, 11) is 0. The smallest absolute Gasteiger partial charge is 0.268 e. The summed E-state index contributed by atoms with van der Waals surface area (Å²) in [6.07, 6.45) is 0. The standard InChI is InChI=1S/C19H16FNO2S/c1-12(2)24-17-16(13-6-4-3-5-7-13)18(22)21(19(17)23)15-10-8-14(20)9-11-15/h3-12H,1-2H3. The molecule has 0 fully saturated rings. The van der Waals surface area contributed by atoms with E-state index in [4.69, 9.17) is 0 Å². The number of hydrogen-bond acceptors (Lipinski definition) is 3. The van der Waals surface area contributed by atoms with Crippen LogP contribution in [0.1, 0.15) is 19.4 Å². The van der Waals surface area contributed by atoms with Crippen molar-refractivity contribution in [3.8, 4) is 0 Å². The second-order valence-corrected chi connectivity index (χ2v) is 7.25. The highest BCUT2D eigenvalue weighted by Crippen LogP contribution is 2.39. The Labute approximate surface area is 144 Å². The van der Waals surface area contributed by atoms with Crippen LogP contribution < -0.4 is 4.90 Å². The van der Waals surface area contributed by atoms with Crippen molar-refractivity contribution in [2.45, 2.75) is 19.1 Å². The van der Waals surface area contributed by atoms with Crippen LogP contribution in [0, 0.1) is 5.82 Å². The lowest BCUT2D eigenvalue weighted by Crippen LogP contribution is -2.31. The minimum Gasteiger partial charge on any atom is -0.268 e. The van der Waals surface area contributed by atoms with Crippen molar-refractivity contribution in [2.24, 2.45) is 0 Å². The Hall–Kier alpha value is -2.40. The summed E-state index contributed by atoms with van der Waals surface area (Å²) in [6.45, 7) is 3.94. The Morgan fingerprint density at radius 3 is 2.12 bits per heavy atom. The van der Waals surface area contributed by atoms with Gasteiger partial charge in [-0.2, -0.15) is 0 Å². The van der Waals surface area contributed by atoms with Gasteiger partial charge in [0.1, 0.15) is 5.82 Å². The number of anilines is 1. The summed E-state index contributed by atoms with van der Waals surface area (Å²) in [4.78, 5) is 27.3. The van der Waals surface area contributed by atoms with E-state index in [2.05, 4.69) is 0 Å². The van der Waals surface area contributed by atoms with Gasteiger partial charge in [0.05, 0.1) is 16.2 Å².